The summed E-state index contributed by atoms with van der Waals surface area (Å²) in [6.45, 7) is 12.0. The number of aryl methyl sites for hydroxylation is 1. The van der Waals surface area contributed by atoms with E-state index in [0.29, 0.717) is 54.3 Å². The van der Waals surface area contributed by atoms with Crippen molar-refractivity contribution in [2.24, 2.45) is 11.3 Å². The van der Waals surface area contributed by atoms with Gasteiger partial charge in [0.25, 0.3) is 0 Å². The molecular formula is C41H55AgFN4O9S. The number of nitrogens with one attached hydrogen (secondary N) is 2. The van der Waals surface area contributed by atoms with Crippen molar-refractivity contribution in [2.45, 2.75) is 147 Å². The molecule has 2 N–H and O–H groups in total. The summed E-state index contributed by atoms with van der Waals surface area (Å²) in [7, 11) is -3.98. The van der Waals surface area contributed by atoms with Crippen LogP contribution in [0, 0.1) is 24.1 Å². The van der Waals surface area contributed by atoms with Crippen molar-refractivity contribution < 1.29 is 68.6 Å². The molecule has 1 aromatic heterocycles. The molecule has 6 rings (SSSR count). The Labute approximate surface area is 350 Å². The molecule has 1 saturated heterocycles. The maximum Gasteiger partial charge on any atom is 0.408 e. The molecule has 0 bridgehead atoms. The van der Waals surface area contributed by atoms with Crippen molar-refractivity contribution in [2.75, 3.05) is 6.54 Å². The molecule has 4 aliphatic rings. The molecule has 3 fully saturated rings. The number of rotatable bonds is 8. The van der Waals surface area contributed by atoms with Crippen molar-refractivity contribution in [3.05, 3.63) is 41.7 Å². The summed E-state index contributed by atoms with van der Waals surface area (Å²) in [6, 6.07) is 2.40. The molecule has 13 nitrogen and oxygen atoms in total. The molecule has 2 aromatic rings. The van der Waals surface area contributed by atoms with Crippen LogP contribution in [-0.2, 0) is 51.5 Å². The maximum atomic E-state index is 14.7. The summed E-state index contributed by atoms with van der Waals surface area (Å²) in [5, 5.41) is 3.26. The van der Waals surface area contributed by atoms with Crippen LogP contribution in [0.5, 0.6) is 11.6 Å². The van der Waals surface area contributed by atoms with E-state index in [9.17, 15) is 32.0 Å². The smallest absolute Gasteiger partial charge is 0.408 e. The largest absolute Gasteiger partial charge is 0.488 e. The SMILES string of the molecule is Cc1c(F)ccc2c(O[C@@H]3C[C@H]4C(=O)C[C@]5(C(=O)NS(=O)(=O)C6(C)CC6)C[C@H]5/C=C\CCCCC[C@H](NC(=O)OC(C)(C)C)C(=O)N4C3)cc(OC(C)C)nc12.[Ag]. The van der Waals surface area contributed by atoms with Gasteiger partial charge in [-0.05, 0) is 105 Å². The van der Waals surface area contributed by atoms with Crippen LogP contribution in [0.4, 0.5) is 9.18 Å². The monoisotopic (exact) mass is 905 g/mol. The number of sulfonamides is 1. The van der Waals surface area contributed by atoms with Gasteiger partial charge in [0.1, 0.15) is 29.3 Å². The van der Waals surface area contributed by atoms with Gasteiger partial charge in [-0.15, -0.1) is 0 Å². The molecule has 57 heavy (non-hydrogen) atoms. The first-order valence-corrected chi connectivity index (χ1v) is 21.2. The van der Waals surface area contributed by atoms with Crippen LogP contribution in [0.1, 0.15) is 111 Å². The van der Waals surface area contributed by atoms with Gasteiger partial charge in [-0.25, -0.2) is 22.6 Å². The first-order valence-electron chi connectivity index (χ1n) is 19.7. The fraction of sp³-hybridized carbons (Fsp3) is 0.634. The van der Waals surface area contributed by atoms with E-state index in [-0.39, 0.29) is 66.1 Å². The average molecular weight is 907 g/mol. The third-order valence-electron chi connectivity index (χ3n) is 11.3. The Balaban J connectivity index is 0.00000620. The van der Waals surface area contributed by atoms with Gasteiger partial charge in [0.05, 0.1) is 34.4 Å². The Hall–Kier alpha value is -3.53. The predicted octanol–water partition coefficient (Wildman–Crippen LogP) is 6.19. The van der Waals surface area contributed by atoms with Gasteiger partial charge < -0.3 is 24.4 Å². The van der Waals surface area contributed by atoms with E-state index in [2.05, 4.69) is 15.0 Å². The fourth-order valence-electron chi connectivity index (χ4n) is 7.67. The number of halogens is 1. The molecule has 0 unspecified atom stereocenters. The minimum Gasteiger partial charge on any atom is -0.488 e. The summed E-state index contributed by atoms with van der Waals surface area (Å²) in [5.74, 6) is -1.89. The normalized spacial score (nSPS) is 26.9. The number of aromatic nitrogens is 1. The van der Waals surface area contributed by atoms with Crippen molar-refractivity contribution in [1.82, 2.24) is 19.9 Å². The van der Waals surface area contributed by atoms with Crippen molar-refractivity contribution in [3.63, 3.8) is 0 Å². The van der Waals surface area contributed by atoms with Gasteiger partial charge in [-0.3, -0.25) is 19.1 Å². The van der Waals surface area contributed by atoms with Gasteiger partial charge in [0, 0.05) is 52.2 Å². The average Bonchev–Trinajstić information content (AvgIpc) is 3.97. The molecule has 3 amide bonds. The number of pyridine rings is 1. The summed E-state index contributed by atoms with van der Waals surface area (Å²) in [5.41, 5.74) is -1.48. The van der Waals surface area contributed by atoms with Gasteiger partial charge in [0.15, 0.2) is 5.78 Å². The Bertz CT molecular complexity index is 2030. The molecule has 1 radical (unpaired) electrons. The van der Waals surface area contributed by atoms with Gasteiger partial charge in [-0.2, -0.15) is 0 Å². The van der Waals surface area contributed by atoms with Gasteiger partial charge in [0.2, 0.25) is 27.7 Å². The van der Waals surface area contributed by atoms with E-state index in [0.717, 1.165) is 12.8 Å². The second-order valence-electron chi connectivity index (χ2n) is 17.4. The number of alkyl carbamates (subject to hydrolysis) is 1. The van der Waals surface area contributed by atoms with E-state index in [1.165, 1.54) is 11.0 Å². The number of carbonyl (C=O) groups excluding carboxylic acids is 4. The second-order valence-corrected chi connectivity index (χ2v) is 19.6. The molecule has 0 spiro atoms. The molecule has 5 atom stereocenters. The number of ketones is 1. The molecule has 1 aromatic carbocycles. The number of benzene rings is 1. The summed E-state index contributed by atoms with van der Waals surface area (Å²) in [4.78, 5) is 62.1. The standard InChI is InChI=1S/C41H55FN4O9S.Ag/c1-24(2)53-34-20-33(28-15-16-29(42)25(3)35(28)44-34)54-27-19-31-32(47)22-41(37(49)45-56(51,52)40(7)17-18-40)21-26(41)13-11-9-8-10-12-14-30(36(48)46(31)23-27)43-38(50)55-39(4,5)6;/h11,13,15-16,20,24,26-27,30-31H,8-10,12,14,17-19,21-23H2,1-7H3,(H,43,50)(H,45,49);/b13-11-;/t26-,27-,30+,31+,41-;/m1./s1. The summed E-state index contributed by atoms with van der Waals surface area (Å²) < 4.78 is 60.4. The third kappa shape index (κ3) is 10.0. The first kappa shape index (κ1) is 44.6. The minimum absolute atomic E-state index is 0. The number of carbonyl (C=O) groups is 4. The van der Waals surface area contributed by atoms with Crippen LogP contribution in [0.15, 0.2) is 30.4 Å². The Morgan fingerprint density at radius 2 is 1.82 bits per heavy atom. The number of Topliss-reactive ketones (excluding diaryl/α,β-unsaturated/α-hetero) is 1. The number of nitrogens with zero attached hydrogens (tertiary/aromatic N) is 2. The van der Waals surface area contributed by atoms with E-state index < -0.39 is 73.5 Å². The van der Waals surface area contributed by atoms with Crippen LogP contribution < -0.4 is 19.5 Å². The minimum atomic E-state index is -3.98. The quantitative estimate of drug-likeness (QED) is 0.230. The number of amides is 3. The van der Waals surface area contributed by atoms with Crippen LogP contribution in [0.2, 0.25) is 0 Å². The zero-order valence-electron chi connectivity index (χ0n) is 33.7. The molecule has 2 aliphatic heterocycles. The summed E-state index contributed by atoms with van der Waals surface area (Å²) in [6.07, 6.45) is 6.18. The number of ether oxygens (including phenoxy) is 3. The molecule has 2 saturated carbocycles. The van der Waals surface area contributed by atoms with Gasteiger partial charge >= 0.3 is 6.09 Å². The van der Waals surface area contributed by atoms with Gasteiger partial charge in [-0.1, -0.05) is 25.0 Å². The van der Waals surface area contributed by atoms with Crippen LogP contribution >= 0.6 is 0 Å². The Morgan fingerprint density at radius 1 is 1.11 bits per heavy atom. The second kappa shape index (κ2) is 17.0. The van der Waals surface area contributed by atoms with E-state index in [1.807, 2.05) is 26.0 Å². The number of hydrogen-bond donors (Lipinski definition) is 2. The predicted molar refractivity (Wildman–Crippen MR) is 207 cm³/mol. The van der Waals surface area contributed by atoms with Crippen molar-refractivity contribution in [1.29, 1.82) is 0 Å². The van der Waals surface area contributed by atoms with E-state index in [4.69, 9.17) is 14.2 Å². The fourth-order valence-corrected chi connectivity index (χ4v) is 9.00. The number of fused-ring (bicyclic) bond motifs is 3. The topological polar surface area (TPSA) is 170 Å². The molecule has 317 valence electrons. The summed E-state index contributed by atoms with van der Waals surface area (Å²) >= 11 is 0. The number of hydrogen-bond acceptors (Lipinski definition) is 10. The van der Waals surface area contributed by atoms with Crippen molar-refractivity contribution >= 4 is 44.6 Å². The van der Waals surface area contributed by atoms with Crippen LogP contribution in [-0.4, -0.2) is 83.2 Å². The van der Waals surface area contributed by atoms with Crippen LogP contribution in [0.3, 0.4) is 0 Å². The number of allylic oxidation sites excluding steroid dienone is 2. The third-order valence-corrected chi connectivity index (χ3v) is 13.5. The molecule has 2 aliphatic carbocycles. The molecular weight excluding hydrogens is 851 g/mol. The maximum absolute atomic E-state index is 14.7. The Morgan fingerprint density at radius 3 is 2.49 bits per heavy atom. The van der Waals surface area contributed by atoms with E-state index >= 15 is 0 Å². The Kier molecular flexibility index (Phi) is 13.3. The molecule has 16 heteroatoms. The molecule has 3 heterocycles. The van der Waals surface area contributed by atoms with Crippen molar-refractivity contribution in [3.8, 4) is 11.6 Å². The van der Waals surface area contributed by atoms with E-state index in [1.54, 1.807) is 46.8 Å². The zero-order valence-corrected chi connectivity index (χ0v) is 36.0. The van der Waals surface area contributed by atoms with Crippen LogP contribution in [0.25, 0.3) is 10.9 Å². The first-order chi connectivity index (χ1) is 26.2. The zero-order chi connectivity index (χ0) is 40.8.